The minimum atomic E-state index is -1.23. The lowest BCUT2D eigenvalue weighted by Crippen LogP contribution is -2.71. The van der Waals surface area contributed by atoms with Gasteiger partial charge in [-0.1, -0.05) is 18.6 Å². The van der Waals surface area contributed by atoms with Crippen LogP contribution in [-0.2, 0) is 18.9 Å². The molecule has 0 aromatic carbocycles. The number of aliphatic hydroxyl groups excluding tert-OH is 1. The summed E-state index contributed by atoms with van der Waals surface area (Å²) in [5.74, 6) is 0.269. The zero-order chi connectivity index (χ0) is 21.8. The van der Waals surface area contributed by atoms with Crippen molar-refractivity contribution in [1.82, 2.24) is 4.90 Å². The number of nitrogens with zero attached hydrogens (tertiary/aromatic N) is 1. The van der Waals surface area contributed by atoms with E-state index >= 15 is 0 Å². The average molecular weight is 436 g/mol. The molecule has 0 aromatic heterocycles. The van der Waals surface area contributed by atoms with Crippen molar-refractivity contribution in [2.24, 2.45) is 28.6 Å². The van der Waals surface area contributed by atoms with Crippen molar-refractivity contribution < 1.29 is 29.2 Å². The molecule has 4 aliphatic carbocycles. The fourth-order valence-corrected chi connectivity index (χ4v) is 9.40. The number of methoxy groups -OCH3 is 3. The topological polar surface area (TPSA) is 80.6 Å². The van der Waals surface area contributed by atoms with Gasteiger partial charge < -0.3 is 29.2 Å². The van der Waals surface area contributed by atoms with E-state index in [4.69, 9.17) is 18.9 Å². The Morgan fingerprint density at radius 3 is 2.68 bits per heavy atom. The summed E-state index contributed by atoms with van der Waals surface area (Å²) >= 11 is 0. The Hall–Kier alpha value is -0.540. The van der Waals surface area contributed by atoms with E-state index in [0.29, 0.717) is 19.4 Å². The highest BCUT2D eigenvalue weighted by atomic mass is 16.5. The summed E-state index contributed by atoms with van der Waals surface area (Å²) in [6, 6.07) is 0. The molecule has 2 saturated heterocycles. The number of ether oxygens (including phenoxy) is 4. The zero-order valence-electron chi connectivity index (χ0n) is 19.1. The molecular weight excluding hydrogens is 398 g/mol. The van der Waals surface area contributed by atoms with Gasteiger partial charge in [0.1, 0.15) is 11.8 Å². The molecule has 2 heterocycles. The summed E-state index contributed by atoms with van der Waals surface area (Å²) in [7, 11) is 5.27. The van der Waals surface area contributed by atoms with Gasteiger partial charge in [-0.05, 0) is 38.1 Å². The van der Waals surface area contributed by atoms with Crippen molar-refractivity contribution in [3.8, 4) is 0 Å². The Bertz CT molecular complexity index is 790. The summed E-state index contributed by atoms with van der Waals surface area (Å²) in [6.07, 6.45) is 4.22. The van der Waals surface area contributed by atoms with Crippen molar-refractivity contribution in [3.05, 3.63) is 11.6 Å². The maximum absolute atomic E-state index is 11.7. The van der Waals surface area contributed by atoms with Crippen molar-refractivity contribution in [2.75, 3.05) is 41.0 Å². The monoisotopic (exact) mass is 435 g/mol. The summed E-state index contributed by atoms with van der Waals surface area (Å²) in [5.41, 5.74) is -0.327. The van der Waals surface area contributed by atoms with Crippen LogP contribution in [-0.4, -0.2) is 92.4 Å². The van der Waals surface area contributed by atoms with Crippen molar-refractivity contribution in [2.45, 2.75) is 68.9 Å². The first-order valence-corrected chi connectivity index (χ1v) is 12.0. The largest absolute Gasteiger partial charge is 0.389 e. The first-order valence-electron chi connectivity index (χ1n) is 12.0. The summed E-state index contributed by atoms with van der Waals surface area (Å²) in [4.78, 5) is 2.48. The fraction of sp³-hybridized carbons (Fsp3) is 0.917. The van der Waals surface area contributed by atoms with Crippen molar-refractivity contribution >= 4 is 0 Å². The standard InChI is InChI=1S/C24H37NO6/c1-5-25-11-22(12-28-2)7-6-16(29-3)24-14-10-23(27)17(30-4)9-13(18(14)20(23)26)8-15(19(22)24)31-21(24)25/h8,14-21,26-27H,5-7,9-12H2,1-4H3. The van der Waals surface area contributed by atoms with Crippen LogP contribution in [0.4, 0.5) is 0 Å². The quantitative estimate of drug-likeness (QED) is 0.628. The molecule has 31 heavy (non-hydrogen) atoms. The minimum absolute atomic E-state index is 0.0144. The molecule has 6 rings (SSSR count). The Labute approximate surface area is 184 Å². The van der Waals surface area contributed by atoms with E-state index in [1.807, 2.05) is 7.11 Å². The Morgan fingerprint density at radius 2 is 2.00 bits per heavy atom. The molecule has 174 valence electrons. The van der Waals surface area contributed by atoms with Gasteiger partial charge in [0.05, 0.1) is 31.0 Å². The summed E-state index contributed by atoms with van der Waals surface area (Å²) in [6.45, 7) is 4.77. The highest BCUT2D eigenvalue weighted by molar-refractivity contribution is 5.37. The number of piperidine rings is 1. The van der Waals surface area contributed by atoms with E-state index in [9.17, 15) is 10.2 Å². The molecule has 2 N–H and O–H groups in total. The second kappa shape index (κ2) is 6.75. The first kappa shape index (κ1) is 21.0. The molecule has 6 aliphatic rings. The van der Waals surface area contributed by atoms with Gasteiger partial charge in [-0.2, -0.15) is 0 Å². The van der Waals surface area contributed by atoms with Crippen LogP contribution in [0.5, 0.6) is 0 Å². The third kappa shape index (κ3) is 2.25. The molecule has 7 nitrogen and oxygen atoms in total. The van der Waals surface area contributed by atoms with Crippen molar-refractivity contribution in [3.63, 3.8) is 0 Å². The van der Waals surface area contributed by atoms with Gasteiger partial charge in [-0.3, -0.25) is 4.90 Å². The Balaban J connectivity index is 1.60. The molecule has 2 aliphatic heterocycles. The third-order valence-corrected chi connectivity index (χ3v) is 10.2. The van der Waals surface area contributed by atoms with Crippen LogP contribution in [0.15, 0.2) is 11.6 Å². The molecule has 11 atom stereocenters. The van der Waals surface area contributed by atoms with Crippen LogP contribution >= 0.6 is 0 Å². The number of aliphatic hydroxyl groups is 2. The maximum Gasteiger partial charge on any atom is 0.120 e. The normalized spacial score (nSPS) is 57.0. The maximum atomic E-state index is 11.7. The SMILES string of the molecule is CCN1CC2(COC)CCC(OC)C34C5CC6(O)C(OC)CC(=CC(OC13)C24)C5C6O. The van der Waals surface area contributed by atoms with E-state index in [0.717, 1.165) is 25.9 Å². The Kier molecular flexibility index (Phi) is 4.58. The van der Waals surface area contributed by atoms with Gasteiger partial charge in [0, 0.05) is 50.5 Å². The second-order valence-corrected chi connectivity index (χ2v) is 11.0. The number of fused-ring (bicyclic) bond motifs is 1. The summed E-state index contributed by atoms with van der Waals surface area (Å²) in [5, 5.41) is 23.1. The van der Waals surface area contributed by atoms with Gasteiger partial charge in [-0.25, -0.2) is 0 Å². The van der Waals surface area contributed by atoms with Crippen LogP contribution in [0.25, 0.3) is 0 Å². The zero-order valence-corrected chi connectivity index (χ0v) is 19.1. The minimum Gasteiger partial charge on any atom is -0.389 e. The van der Waals surface area contributed by atoms with E-state index in [-0.39, 0.29) is 53.1 Å². The highest BCUT2D eigenvalue weighted by Gasteiger charge is 2.80. The molecule has 11 unspecified atom stereocenters. The summed E-state index contributed by atoms with van der Waals surface area (Å²) < 4.78 is 24.8. The molecular formula is C24H37NO6. The van der Waals surface area contributed by atoms with Gasteiger partial charge in [-0.15, -0.1) is 0 Å². The predicted molar refractivity (Wildman–Crippen MR) is 112 cm³/mol. The lowest BCUT2D eigenvalue weighted by atomic mass is 9.46. The molecule has 7 bridgehead atoms. The van der Waals surface area contributed by atoms with Crippen LogP contribution in [0, 0.1) is 28.6 Å². The lowest BCUT2D eigenvalue weighted by molar-refractivity contribution is -0.246. The smallest absolute Gasteiger partial charge is 0.120 e. The van der Waals surface area contributed by atoms with Crippen LogP contribution in [0.1, 0.15) is 32.6 Å². The molecule has 7 heteroatoms. The number of rotatable bonds is 5. The lowest BCUT2D eigenvalue weighted by Gasteiger charge is -2.64. The highest BCUT2D eigenvalue weighted by Crippen LogP contribution is 2.73. The fourth-order valence-electron chi connectivity index (χ4n) is 9.40. The number of hydrogen-bond donors (Lipinski definition) is 2. The third-order valence-electron chi connectivity index (χ3n) is 10.2. The van der Waals surface area contributed by atoms with Gasteiger partial charge in [0.2, 0.25) is 0 Å². The van der Waals surface area contributed by atoms with E-state index < -0.39 is 11.7 Å². The molecule has 0 amide bonds. The van der Waals surface area contributed by atoms with Gasteiger partial charge in [0.15, 0.2) is 0 Å². The van der Waals surface area contributed by atoms with Crippen molar-refractivity contribution in [1.29, 1.82) is 0 Å². The first-order chi connectivity index (χ1) is 14.9. The number of likely N-dealkylation sites (tertiary alicyclic amines) is 1. The van der Waals surface area contributed by atoms with E-state index in [2.05, 4.69) is 17.9 Å². The average Bonchev–Trinajstić information content (AvgIpc) is 3.06. The Morgan fingerprint density at radius 1 is 1.23 bits per heavy atom. The van der Waals surface area contributed by atoms with Crippen LogP contribution in [0.2, 0.25) is 0 Å². The van der Waals surface area contributed by atoms with E-state index in [1.165, 1.54) is 5.57 Å². The van der Waals surface area contributed by atoms with Gasteiger partial charge >= 0.3 is 0 Å². The molecule has 5 fully saturated rings. The second-order valence-electron chi connectivity index (χ2n) is 11.0. The predicted octanol–water partition coefficient (Wildman–Crippen LogP) is 1.18. The van der Waals surface area contributed by atoms with Crippen LogP contribution in [0.3, 0.4) is 0 Å². The van der Waals surface area contributed by atoms with E-state index in [1.54, 1.807) is 14.2 Å². The van der Waals surface area contributed by atoms with Gasteiger partial charge in [0.25, 0.3) is 0 Å². The van der Waals surface area contributed by atoms with Crippen LogP contribution < -0.4 is 0 Å². The molecule has 0 aromatic rings. The number of hydrogen-bond acceptors (Lipinski definition) is 7. The molecule has 0 spiro atoms. The molecule has 3 saturated carbocycles. The molecule has 0 radical (unpaired) electrons.